The molecular weight excluding hydrogens is 292 g/mol. The first-order valence-corrected chi connectivity index (χ1v) is 7.81. The number of aryl methyl sites for hydroxylation is 1. The number of rotatable bonds is 5. The van der Waals surface area contributed by atoms with Gasteiger partial charge in [-0.2, -0.15) is 0 Å². The molecule has 82 valence electrons. The van der Waals surface area contributed by atoms with Crippen LogP contribution in [0, 0.1) is 0 Å². The summed E-state index contributed by atoms with van der Waals surface area (Å²) in [5.74, 6) is 0. The summed E-state index contributed by atoms with van der Waals surface area (Å²) < 4.78 is 1.13. The lowest BCUT2D eigenvalue weighted by molar-refractivity contribution is -0.107. The van der Waals surface area contributed by atoms with E-state index in [0.29, 0.717) is 6.42 Å². The van der Waals surface area contributed by atoms with Crippen molar-refractivity contribution in [2.45, 2.75) is 22.6 Å². The Labute approximate surface area is 108 Å². The molecular formula is C11H13BrOS2. The summed E-state index contributed by atoms with van der Waals surface area (Å²) in [6.07, 6.45) is 6.54. The van der Waals surface area contributed by atoms with Gasteiger partial charge in [-0.25, -0.2) is 0 Å². The lowest BCUT2D eigenvalue weighted by Crippen LogP contribution is -1.89. The third-order valence-electron chi connectivity index (χ3n) is 2.04. The predicted molar refractivity (Wildman–Crippen MR) is 72.1 cm³/mol. The second-order valence-corrected chi connectivity index (χ2v) is 5.54. The number of carbonyl (C=O) groups excluding carboxylic acids is 1. The maximum atomic E-state index is 10.3. The first kappa shape index (κ1) is 13.1. The van der Waals surface area contributed by atoms with Gasteiger partial charge in [-0.15, -0.1) is 23.5 Å². The molecule has 1 aromatic carbocycles. The van der Waals surface area contributed by atoms with E-state index < -0.39 is 0 Å². The molecule has 0 N–H and O–H groups in total. The molecule has 0 heterocycles. The molecule has 0 fully saturated rings. The SMILES string of the molecule is CSc1cc(CCC=O)cc(Br)c1SC. The van der Waals surface area contributed by atoms with Crippen LogP contribution in [-0.4, -0.2) is 18.8 Å². The Balaban J connectivity index is 3.02. The molecule has 0 bridgehead atoms. The van der Waals surface area contributed by atoms with Crippen molar-refractivity contribution in [1.82, 2.24) is 0 Å². The van der Waals surface area contributed by atoms with E-state index in [1.54, 1.807) is 23.5 Å². The van der Waals surface area contributed by atoms with Crippen molar-refractivity contribution in [3.63, 3.8) is 0 Å². The maximum absolute atomic E-state index is 10.3. The van der Waals surface area contributed by atoms with Gasteiger partial charge in [0.1, 0.15) is 6.29 Å². The molecule has 0 saturated carbocycles. The Morgan fingerprint density at radius 3 is 2.60 bits per heavy atom. The van der Waals surface area contributed by atoms with Crippen molar-refractivity contribution in [3.8, 4) is 0 Å². The lowest BCUT2D eigenvalue weighted by atomic mass is 10.1. The highest BCUT2D eigenvalue weighted by Gasteiger charge is 2.07. The van der Waals surface area contributed by atoms with Crippen LogP contribution in [0.4, 0.5) is 0 Å². The van der Waals surface area contributed by atoms with Gasteiger partial charge in [-0.3, -0.25) is 0 Å². The Kier molecular flexibility index (Phi) is 5.79. The summed E-state index contributed by atoms with van der Waals surface area (Å²) in [6.45, 7) is 0. The summed E-state index contributed by atoms with van der Waals surface area (Å²) in [4.78, 5) is 12.9. The van der Waals surface area contributed by atoms with Crippen LogP contribution in [0.5, 0.6) is 0 Å². The van der Waals surface area contributed by atoms with E-state index in [0.717, 1.165) is 17.2 Å². The van der Waals surface area contributed by atoms with Crippen molar-refractivity contribution in [1.29, 1.82) is 0 Å². The van der Waals surface area contributed by atoms with Gasteiger partial charge in [-0.1, -0.05) is 0 Å². The molecule has 15 heavy (non-hydrogen) atoms. The number of benzene rings is 1. The predicted octanol–water partition coefficient (Wildman–Crippen LogP) is 4.02. The maximum Gasteiger partial charge on any atom is 0.120 e. The minimum absolute atomic E-state index is 0.596. The second-order valence-electron chi connectivity index (χ2n) is 3.02. The molecule has 1 aromatic rings. The van der Waals surface area contributed by atoms with E-state index in [1.165, 1.54) is 15.4 Å². The van der Waals surface area contributed by atoms with Gasteiger partial charge < -0.3 is 4.79 Å². The van der Waals surface area contributed by atoms with Gasteiger partial charge in [0.2, 0.25) is 0 Å². The smallest absolute Gasteiger partial charge is 0.120 e. The van der Waals surface area contributed by atoms with Crippen LogP contribution in [0.25, 0.3) is 0 Å². The molecule has 1 rings (SSSR count). The number of halogens is 1. The third-order valence-corrected chi connectivity index (χ3v) is 4.67. The molecule has 0 aliphatic carbocycles. The highest BCUT2D eigenvalue weighted by molar-refractivity contribution is 9.10. The topological polar surface area (TPSA) is 17.1 Å². The van der Waals surface area contributed by atoms with E-state index in [2.05, 4.69) is 40.6 Å². The Morgan fingerprint density at radius 1 is 1.33 bits per heavy atom. The molecule has 0 aliphatic rings. The number of hydrogen-bond donors (Lipinski definition) is 0. The molecule has 0 atom stereocenters. The van der Waals surface area contributed by atoms with E-state index in [1.807, 2.05) is 0 Å². The second kappa shape index (κ2) is 6.61. The van der Waals surface area contributed by atoms with Crippen LogP contribution < -0.4 is 0 Å². The molecule has 0 aliphatic heterocycles. The number of hydrogen-bond acceptors (Lipinski definition) is 3. The highest BCUT2D eigenvalue weighted by Crippen LogP contribution is 2.36. The molecule has 0 spiro atoms. The lowest BCUT2D eigenvalue weighted by Gasteiger charge is -2.10. The van der Waals surface area contributed by atoms with Gasteiger partial charge in [0.15, 0.2) is 0 Å². The van der Waals surface area contributed by atoms with Crippen molar-refractivity contribution in [2.75, 3.05) is 12.5 Å². The van der Waals surface area contributed by atoms with Crippen molar-refractivity contribution in [3.05, 3.63) is 22.2 Å². The first-order chi connectivity index (χ1) is 7.22. The van der Waals surface area contributed by atoms with Gasteiger partial charge in [-0.05, 0) is 52.6 Å². The van der Waals surface area contributed by atoms with Crippen LogP contribution in [0.2, 0.25) is 0 Å². The zero-order valence-corrected chi connectivity index (χ0v) is 12.0. The van der Waals surface area contributed by atoms with Gasteiger partial charge in [0.25, 0.3) is 0 Å². The summed E-state index contributed by atoms with van der Waals surface area (Å²) in [6, 6.07) is 4.28. The molecule has 0 aromatic heterocycles. The van der Waals surface area contributed by atoms with Gasteiger partial charge in [0, 0.05) is 20.7 Å². The first-order valence-electron chi connectivity index (χ1n) is 4.57. The standard InChI is InChI=1S/C11H13BrOS2/c1-14-10-7-8(4-3-5-13)6-9(12)11(10)15-2/h5-7H,3-4H2,1-2H3. The highest BCUT2D eigenvalue weighted by atomic mass is 79.9. The fourth-order valence-corrected chi connectivity index (χ4v) is 4.04. The van der Waals surface area contributed by atoms with Crippen molar-refractivity contribution < 1.29 is 4.79 Å². The average Bonchev–Trinajstić information content (AvgIpc) is 2.25. The van der Waals surface area contributed by atoms with Crippen LogP contribution in [0.1, 0.15) is 12.0 Å². The number of thioether (sulfide) groups is 2. The van der Waals surface area contributed by atoms with E-state index in [-0.39, 0.29) is 0 Å². The quantitative estimate of drug-likeness (QED) is 0.604. The fourth-order valence-electron chi connectivity index (χ4n) is 1.34. The molecule has 0 amide bonds. The minimum atomic E-state index is 0.596. The van der Waals surface area contributed by atoms with Gasteiger partial charge >= 0.3 is 0 Å². The molecule has 4 heteroatoms. The molecule has 0 radical (unpaired) electrons. The molecule has 0 unspecified atom stereocenters. The molecule has 1 nitrogen and oxygen atoms in total. The Morgan fingerprint density at radius 2 is 2.07 bits per heavy atom. The van der Waals surface area contributed by atoms with E-state index >= 15 is 0 Å². The van der Waals surface area contributed by atoms with Crippen LogP contribution in [0.15, 0.2) is 26.4 Å². The zero-order chi connectivity index (χ0) is 11.3. The van der Waals surface area contributed by atoms with E-state index in [9.17, 15) is 4.79 Å². The van der Waals surface area contributed by atoms with Gasteiger partial charge in [0.05, 0.1) is 0 Å². The van der Waals surface area contributed by atoms with Crippen LogP contribution in [-0.2, 0) is 11.2 Å². The number of aldehydes is 1. The summed E-state index contributed by atoms with van der Waals surface area (Å²) in [7, 11) is 0. The summed E-state index contributed by atoms with van der Waals surface area (Å²) >= 11 is 7.05. The van der Waals surface area contributed by atoms with E-state index in [4.69, 9.17) is 0 Å². The fraction of sp³-hybridized carbons (Fsp3) is 0.364. The normalized spacial score (nSPS) is 10.3. The van der Waals surface area contributed by atoms with Crippen molar-refractivity contribution in [2.24, 2.45) is 0 Å². The summed E-state index contributed by atoms with van der Waals surface area (Å²) in [5.41, 5.74) is 1.22. The molecule has 0 saturated heterocycles. The average molecular weight is 305 g/mol. The number of carbonyl (C=O) groups is 1. The monoisotopic (exact) mass is 304 g/mol. The summed E-state index contributed by atoms with van der Waals surface area (Å²) in [5, 5.41) is 0. The Hall–Kier alpha value is 0.0700. The third kappa shape index (κ3) is 3.54. The van der Waals surface area contributed by atoms with Crippen LogP contribution >= 0.6 is 39.5 Å². The largest absolute Gasteiger partial charge is 0.303 e. The Bertz CT molecular complexity index is 353. The zero-order valence-electron chi connectivity index (χ0n) is 8.75. The van der Waals surface area contributed by atoms with Crippen LogP contribution in [0.3, 0.4) is 0 Å². The minimum Gasteiger partial charge on any atom is -0.303 e. The van der Waals surface area contributed by atoms with Crippen molar-refractivity contribution >= 4 is 45.7 Å².